The summed E-state index contributed by atoms with van der Waals surface area (Å²) in [6.07, 6.45) is -0.0880. The van der Waals surface area contributed by atoms with E-state index in [2.05, 4.69) is 35.7 Å². The van der Waals surface area contributed by atoms with Crippen LogP contribution in [0, 0.1) is 0 Å². The van der Waals surface area contributed by atoms with Crippen LogP contribution in [0.3, 0.4) is 0 Å². The lowest BCUT2D eigenvalue weighted by molar-refractivity contribution is -0.144. The van der Waals surface area contributed by atoms with Crippen molar-refractivity contribution in [2.75, 3.05) is 25.4 Å². The third-order valence-electron chi connectivity index (χ3n) is 3.43. The summed E-state index contributed by atoms with van der Waals surface area (Å²) in [5.41, 5.74) is -0.0647. The van der Waals surface area contributed by atoms with Crippen molar-refractivity contribution in [3.63, 3.8) is 0 Å². The highest BCUT2D eigenvalue weighted by Gasteiger charge is 2.42. The van der Waals surface area contributed by atoms with E-state index >= 15 is 0 Å². The van der Waals surface area contributed by atoms with Crippen LogP contribution in [0.25, 0.3) is 0 Å². The van der Waals surface area contributed by atoms with E-state index in [0.29, 0.717) is 0 Å². The van der Waals surface area contributed by atoms with Crippen molar-refractivity contribution in [1.82, 2.24) is 15.6 Å². The number of anilines is 1. The Labute approximate surface area is 162 Å². The second-order valence-electron chi connectivity index (χ2n) is 5.19. The van der Waals surface area contributed by atoms with Gasteiger partial charge in [0.15, 0.2) is 10.8 Å². The molecule has 11 nitrogen and oxygen atoms in total. The van der Waals surface area contributed by atoms with Crippen LogP contribution in [0.2, 0.25) is 0 Å². The lowest BCUT2D eigenvalue weighted by Gasteiger charge is -2.36. The van der Waals surface area contributed by atoms with E-state index in [0.717, 1.165) is 11.3 Å². The van der Waals surface area contributed by atoms with Crippen molar-refractivity contribution in [2.24, 2.45) is 5.16 Å². The van der Waals surface area contributed by atoms with Gasteiger partial charge >= 0.3 is 5.97 Å². The molecule has 2 rings (SSSR count). The number of ether oxygens (including phenoxy) is 1. The summed E-state index contributed by atoms with van der Waals surface area (Å²) in [4.78, 5) is 55.6. The van der Waals surface area contributed by atoms with Crippen LogP contribution in [-0.2, 0) is 28.8 Å². The Kier molecular flexibility index (Phi) is 7.07. The second-order valence-corrected chi connectivity index (χ2v) is 6.31. The molecule has 3 amide bonds. The summed E-state index contributed by atoms with van der Waals surface area (Å²) in [6.45, 7) is 0. The minimum atomic E-state index is -0.923. The number of esters is 1. The second kappa shape index (κ2) is 9.28. The van der Waals surface area contributed by atoms with Crippen molar-refractivity contribution in [2.45, 2.75) is 18.5 Å². The first-order valence-electron chi connectivity index (χ1n) is 7.50. The fraction of sp³-hybridized carbons (Fsp3) is 0.429. The van der Waals surface area contributed by atoms with E-state index < -0.39 is 35.8 Å². The minimum Gasteiger partial charge on any atom is -0.469 e. The number of carbonyl (C=O) groups is 4. The number of nitrogens with zero attached hydrogens (tertiary/aromatic N) is 2. The molecule has 0 saturated carbocycles. The van der Waals surface area contributed by atoms with E-state index in [1.807, 2.05) is 0 Å². The van der Waals surface area contributed by atoms with Gasteiger partial charge in [-0.3, -0.25) is 19.2 Å². The molecule has 1 aromatic heterocycles. The van der Waals surface area contributed by atoms with Gasteiger partial charge in [0, 0.05) is 5.38 Å². The van der Waals surface area contributed by atoms with Gasteiger partial charge in [-0.05, 0) is 0 Å². The highest BCUT2D eigenvalue weighted by Crippen LogP contribution is 2.17. The van der Waals surface area contributed by atoms with Gasteiger partial charge in [0.05, 0.1) is 19.6 Å². The summed E-state index contributed by atoms with van der Waals surface area (Å²) in [5, 5.41) is 12.8. The molecular weight excluding hydrogens is 402 g/mol. The van der Waals surface area contributed by atoms with Crippen molar-refractivity contribution in [3.05, 3.63) is 11.1 Å². The predicted octanol–water partition coefficient (Wildman–Crippen LogP) is -0.783. The number of oxime groups is 1. The number of thiazole rings is 1. The summed E-state index contributed by atoms with van der Waals surface area (Å²) in [7, 11) is 2.47. The Bertz CT molecular complexity index is 782. The number of alkyl halides is 1. The molecule has 0 spiro atoms. The molecule has 1 aromatic rings. The SMILES string of the molecule is CO/N=C(\C(=O)N[C@@H]1C(=O)N[C@@H]1CC(=O)OC)c1csc(NC(=O)CCl)n1. The van der Waals surface area contributed by atoms with Gasteiger partial charge < -0.3 is 25.5 Å². The van der Waals surface area contributed by atoms with E-state index in [1.165, 1.54) is 19.6 Å². The van der Waals surface area contributed by atoms with E-state index in [4.69, 9.17) is 11.6 Å². The van der Waals surface area contributed by atoms with Gasteiger partial charge in [0.25, 0.3) is 5.91 Å². The normalized spacial score (nSPS) is 18.8. The fourth-order valence-electron chi connectivity index (χ4n) is 2.14. The van der Waals surface area contributed by atoms with Crippen LogP contribution in [0.5, 0.6) is 0 Å². The number of nitrogens with one attached hydrogen (secondary N) is 3. The Morgan fingerprint density at radius 1 is 1.41 bits per heavy atom. The largest absolute Gasteiger partial charge is 0.469 e. The van der Waals surface area contributed by atoms with E-state index in [-0.39, 0.29) is 28.8 Å². The van der Waals surface area contributed by atoms with Crippen molar-refractivity contribution in [3.8, 4) is 0 Å². The third-order valence-corrected chi connectivity index (χ3v) is 4.43. The summed E-state index contributed by atoms with van der Waals surface area (Å²) >= 11 is 6.47. The van der Waals surface area contributed by atoms with Gasteiger partial charge in [-0.15, -0.1) is 22.9 Å². The topological polar surface area (TPSA) is 148 Å². The molecule has 0 aliphatic carbocycles. The molecule has 2 heterocycles. The lowest BCUT2D eigenvalue weighted by atomic mass is 9.95. The van der Waals surface area contributed by atoms with Crippen molar-refractivity contribution >= 4 is 57.5 Å². The van der Waals surface area contributed by atoms with Crippen LogP contribution < -0.4 is 16.0 Å². The van der Waals surface area contributed by atoms with Gasteiger partial charge in [-0.1, -0.05) is 5.16 Å². The molecule has 1 aliphatic rings. The zero-order chi connectivity index (χ0) is 20.0. The monoisotopic (exact) mass is 417 g/mol. The van der Waals surface area contributed by atoms with Gasteiger partial charge in [-0.2, -0.15) is 0 Å². The molecular formula is C14H16ClN5O6S. The summed E-state index contributed by atoms with van der Waals surface area (Å²) in [6, 6.07) is -1.51. The number of methoxy groups -OCH3 is 1. The van der Waals surface area contributed by atoms with Crippen LogP contribution in [-0.4, -0.2) is 66.6 Å². The first-order chi connectivity index (χ1) is 12.9. The number of aromatic nitrogens is 1. The maximum absolute atomic E-state index is 12.5. The average molecular weight is 418 g/mol. The Morgan fingerprint density at radius 3 is 2.74 bits per heavy atom. The number of β-lactam (4-membered cyclic amide) rings is 1. The quantitative estimate of drug-likeness (QED) is 0.165. The molecule has 146 valence electrons. The summed E-state index contributed by atoms with van der Waals surface area (Å²) < 4.78 is 4.54. The smallest absolute Gasteiger partial charge is 0.307 e. The van der Waals surface area contributed by atoms with Crippen molar-refractivity contribution in [1.29, 1.82) is 0 Å². The Morgan fingerprint density at radius 2 is 2.15 bits per heavy atom. The highest BCUT2D eigenvalue weighted by molar-refractivity contribution is 7.14. The first-order valence-corrected chi connectivity index (χ1v) is 8.92. The molecule has 13 heteroatoms. The summed E-state index contributed by atoms with van der Waals surface area (Å²) in [5.74, 6) is -2.39. The maximum atomic E-state index is 12.5. The van der Waals surface area contributed by atoms with Crippen LogP contribution in [0.4, 0.5) is 5.13 Å². The molecule has 0 aromatic carbocycles. The number of carbonyl (C=O) groups excluding carboxylic acids is 4. The molecule has 2 atom stereocenters. The van der Waals surface area contributed by atoms with Gasteiger partial charge in [-0.25, -0.2) is 4.98 Å². The zero-order valence-corrected chi connectivity index (χ0v) is 15.8. The predicted molar refractivity (Wildman–Crippen MR) is 95.5 cm³/mol. The Hall–Kier alpha value is -2.73. The number of amides is 3. The molecule has 1 fully saturated rings. The number of halogens is 1. The average Bonchev–Trinajstić information content (AvgIpc) is 3.11. The van der Waals surface area contributed by atoms with Crippen LogP contribution in [0.1, 0.15) is 12.1 Å². The molecule has 0 radical (unpaired) electrons. The number of hydrogen-bond donors (Lipinski definition) is 3. The zero-order valence-electron chi connectivity index (χ0n) is 14.3. The molecule has 1 saturated heterocycles. The first kappa shape index (κ1) is 20.6. The number of rotatable bonds is 8. The van der Waals surface area contributed by atoms with Crippen molar-refractivity contribution < 1.29 is 28.8 Å². The molecule has 0 bridgehead atoms. The van der Waals surface area contributed by atoms with E-state index in [9.17, 15) is 19.2 Å². The molecule has 3 N–H and O–H groups in total. The molecule has 27 heavy (non-hydrogen) atoms. The minimum absolute atomic E-state index is 0.0880. The Balaban J connectivity index is 2.09. The van der Waals surface area contributed by atoms with Gasteiger partial charge in [0.2, 0.25) is 11.8 Å². The van der Waals surface area contributed by atoms with E-state index in [1.54, 1.807) is 0 Å². The maximum Gasteiger partial charge on any atom is 0.307 e. The molecule has 0 unspecified atom stereocenters. The standard InChI is InChI=1S/C14H16ClN5O6S/c1-25-9(22)3-6-10(12(23)16-6)19-13(24)11(20-26-2)7-5-27-14(17-7)18-8(21)4-15/h5-6,10H,3-4H2,1-2H3,(H,16,23)(H,19,24)(H,17,18,21)/b20-11-/t6-,10+/m1/s1. The molecule has 1 aliphatic heterocycles. The van der Waals surface area contributed by atoms with Crippen LogP contribution in [0.15, 0.2) is 10.5 Å². The highest BCUT2D eigenvalue weighted by atomic mass is 35.5. The number of hydrogen-bond acceptors (Lipinski definition) is 9. The fourth-order valence-corrected chi connectivity index (χ4v) is 2.92. The lowest BCUT2D eigenvalue weighted by Crippen LogP contribution is -2.70. The third kappa shape index (κ3) is 5.14. The van der Waals surface area contributed by atoms with Gasteiger partial charge in [0.1, 0.15) is 24.7 Å². The van der Waals surface area contributed by atoms with Crippen LogP contribution >= 0.6 is 22.9 Å².